The summed E-state index contributed by atoms with van der Waals surface area (Å²) < 4.78 is 5.96. The van der Waals surface area contributed by atoms with E-state index in [4.69, 9.17) is 4.74 Å². The van der Waals surface area contributed by atoms with Gasteiger partial charge < -0.3 is 10.1 Å². The van der Waals surface area contributed by atoms with Crippen molar-refractivity contribution in [2.24, 2.45) is 5.92 Å². The molecule has 0 aromatic heterocycles. The molecule has 2 rings (SSSR count). The number of aryl methyl sites for hydroxylation is 1. The van der Waals surface area contributed by atoms with Gasteiger partial charge in [0.1, 0.15) is 5.75 Å². The Kier molecular flexibility index (Phi) is 6.24. The molecule has 1 aromatic rings. The third kappa shape index (κ3) is 4.16. The lowest BCUT2D eigenvalue weighted by molar-refractivity contribution is 0.282. The highest BCUT2D eigenvalue weighted by Gasteiger charge is 2.20. The van der Waals surface area contributed by atoms with Crippen molar-refractivity contribution in [1.29, 1.82) is 0 Å². The fourth-order valence-corrected chi connectivity index (χ4v) is 3.76. The minimum Gasteiger partial charge on any atom is -0.493 e. The van der Waals surface area contributed by atoms with E-state index >= 15 is 0 Å². The van der Waals surface area contributed by atoms with E-state index in [0.717, 1.165) is 43.4 Å². The predicted molar refractivity (Wildman–Crippen MR) is 88.8 cm³/mol. The SMILES string of the molecule is CCNC(CSCC(C)C)c1cccc2c1OCCC2. The Balaban J connectivity index is 2.12. The van der Waals surface area contributed by atoms with Crippen LogP contribution in [0, 0.1) is 5.92 Å². The summed E-state index contributed by atoms with van der Waals surface area (Å²) in [6.07, 6.45) is 2.30. The predicted octanol–water partition coefficient (Wildman–Crippen LogP) is 4.05. The normalized spacial score (nSPS) is 15.8. The van der Waals surface area contributed by atoms with Crippen LogP contribution in [0.3, 0.4) is 0 Å². The Morgan fingerprint density at radius 2 is 2.15 bits per heavy atom. The Labute approximate surface area is 127 Å². The van der Waals surface area contributed by atoms with E-state index in [1.165, 1.54) is 16.9 Å². The minimum atomic E-state index is 0.400. The highest BCUT2D eigenvalue weighted by molar-refractivity contribution is 7.99. The van der Waals surface area contributed by atoms with Crippen LogP contribution in [0.25, 0.3) is 0 Å². The maximum absolute atomic E-state index is 5.96. The number of thioether (sulfide) groups is 1. The van der Waals surface area contributed by atoms with Gasteiger partial charge in [-0.2, -0.15) is 11.8 Å². The molecule has 0 radical (unpaired) electrons. The molecule has 0 saturated carbocycles. The quantitative estimate of drug-likeness (QED) is 0.819. The van der Waals surface area contributed by atoms with Crippen molar-refractivity contribution in [3.05, 3.63) is 29.3 Å². The van der Waals surface area contributed by atoms with Crippen LogP contribution in [0.15, 0.2) is 18.2 Å². The number of nitrogens with one attached hydrogen (secondary N) is 1. The maximum atomic E-state index is 5.96. The summed E-state index contributed by atoms with van der Waals surface area (Å²) in [6, 6.07) is 7.02. The molecule has 112 valence electrons. The average molecular weight is 293 g/mol. The number of benzene rings is 1. The van der Waals surface area contributed by atoms with Gasteiger partial charge >= 0.3 is 0 Å². The molecule has 0 bridgehead atoms. The summed E-state index contributed by atoms with van der Waals surface area (Å²) in [6.45, 7) is 8.60. The molecule has 0 saturated heterocycles. The molecule has 1 unspecified atom stereocenters. The molecule has 0 aliphatic carbocycles. The molecule has 1 aromatic carbocycles. The molecule has 20 heavy (non-hydrogen) atoms. The second-order valence-electron chi connectivity index (χ2n) is 5.83. The highest BCUT2D eigenvalue weighted by atomic mass is 32.2. The van der Waals surface area contributed by atoms with Crippen LogP contribution in [0.5, 0.6) is 5.75 Å². The number of ether oxygens (including phenoxy) is 1. The molecule has 0 fully saturated rings. The first-order valence-electron chi connectivity index (χ1n) is 7.78. The van der Waals surface area contributed by atoms with Gasteiger partial charge in [-0.25, -0.2) is 0 Å². The fourth-order valence-electron chi connectivity index (χ4n) is 2.62. The number of rotatable bonds is 7. The lowest BCUT2D eigenvalue weighted by atomic mass is 9.98. The van der Waals surface area contributed by atoms with Gasteiger partial charge in [0.2, 0.25) is 0 Å². The van der Waals surface area contributed by atoms with Gasteiger partial charge in [-0.3, -0.25) is 0 Å². The average Bonchev–Trinajstić information content (AvgIpc) is 2.45. The molecule has 1 heterocycles. The molecule has 1 aliphatic rings. The van der Waals surface area contributed by atoms with E-state index in [-0.39, 0.29) is 0 Å². The van der Waals surface area contributed by atoms with Crippen LogP contribution in [-0.2, 0) is 6.42 Å². The summed E-state index contributed by atoms with van der Waals surface area (Å²) in [5.74, 6) is 4.24. The summed E-state index contributed by atoms with van der Waals surface area (Å²) >= 11 is 2.04. The van der Waals surface area contributed by atoms with Crippen molar-refractivity contribution in [3.8, 4) is 5.75 Å². The van der Waals surface area contributed by atoms with Gasteiger partial charge in [-0.05, 0) is 36.6 Å². The third-order valence-corrected chi connectivity index (χ3v) is 5.00. The molecular formula is C17H27NOS. The zero-order chi connectivity index (χ0) is 14.4. The van der Waals surface area contributed by atoms with Crippen molar-refractivity contribution in [3.63, 3.8) is 0 Å². The lowest BCUT2D eigenvalue weighted by Gasteiger charge is -2.25. The zero-order valence-electron chi connectivity index (χ0n) is 12.9. The number of fused-ring (bicyclic) bond motifs is 1. The molecule has 0 amide bonds. The summed E-state index contributed by atoms with van der Waals surface area (Å²) in [4.78, 5) is 0. The molecule has 1 atom stereocenters. The summed E-state index contributed by atoms with van der Waals surface area (Å²) in [7, 11) is 0. The number of hydrogen-bond donors (Lipinski definition) is 1. The van der Waals surface area contributed by atoms with Gasteiger partial charge in [0.25, 0.3) is 0 Å². The van der Waals surface area contributed by atoms with Crippen molar-refractivity contribution >= 4 is 11.8 Å². The smallest absolute Gasteiger partial charge is 0.127 e. The van der Waals surface area contributed by atoms with Crippen LogP contribution in [0.1, 0.15) is 44.4 Å². The number of hydrogen-bond acceptors (Lipinski definition) is 3. The lowest BCUT2D eigenvalue weighted by Crippen LogP contribution is -2.25. The van der Waals surface area contributed by atoms with Crippen molar-refractivity contribution in [2.45, 2.75) is 39.7 Å². The summed E-state index contributed by atoms with van der Waals surface area (Å²) in [5, 5.41) is 3.62. The van der Waals surface area contributed by atoms with E-state index in [1.807, 2.05) is 11.8 Å². The molecule has 1 aliphatic heterocycles. The largest absolute Gasteiger partial charge is 0.493 e. The Hall–Kier alpha value is -0.670. The molecule has 1 N–H and O–H groups in total. The van der Waals surface area contributed by atoms with Crippen LogP contribution in [0.4, 0.5) is 0 Å². The summed E-state index contributed by atoms with van der Waals surface area (Å²) in [5.41, 5.74) is 2.73. The van der Waals surface area contributed by atoms with Crippen molar-refractivity contribution < 1.29 is 4.74 Å². The van der Waals surface area contributed by atoms with Gasteiger partial charge in [0.05, 0.1) is 6.61 Å². The van der Waals surface area contributed by atoms with E-state index in [2.05, 4.69) is 44.3 Å². The van der Waals surface area contributed by atoms with Crippen LogP contribution in [0.2, 0.25) is 0 Å². The van der Waals surface area contributed by atoms with Crippen LogP contribution >= 0.6 is 11.8 Å². The monoisotopic (exact) mass is 293 g/mol. The Morgan fingerprint density at radius 3 is 2.90 bits per heavy atom. The van der Waals surface area contributed by atoms with E-state index in [1.54, 1.807) is 0 Å². The number of para-hydroxylation sites is 1. The second kappa shape index (κ2) is 7.94. The van der Waals surface area contributed by atoms with Gasteiger partial charge in [-0.15, -0.1) is 0 Å². The van der Waals surface area contributed by atoms with Crippen LogP contribution < -0.4 is 10.1 Å². The Bertz CT molecular complexity index is 419. The molecule has 2 nitrogen and oxygen atoms in total. The van der Waals surface area contributed by atoms with Gasteiger partial charge in [0.15, 0.2) is 0 Å². The molecule has 3 heteroatoms. The fraction of sp³-hybridized carbons (Fsp3) is 0.647. The van der Waals surface area contributed by atoms with E-state index in [9.17, 15) is 0 Å². The standard InChI is InChI=1S/C17H27NOS/c1-4-18-16(12-20-11-13(2)3)15-9-5-7-14-8-6-10-19-17(14)15/h5,7,9,13,16,18H,4,6,8,10-12H2,1-3H3. The van der Waals surface area contributed by atoms with E-state index < -0.39 is 0 Å². The first kappa shape index (κ1) is 15.7. The minimum absolute atomic E-state index is 0.400. The molecular weight excluding hydrogens is 266 g/mol. The van der Waals surface area contributed by atoms with Crippen LogP contribution in [-0.4, -0.2) is 24.7 Å². The molecule has 0 spiro atoms. The van der Waals surface area contributed by atoms with Gasteiger partial charge in [0, 0.05) is 17.4 Å². The van der Waals surface area contributed by atoms with Gasteiger partial charge in [-0.1, -0.05) is 39.0 Å². The third-order valence-electron chi connectivity index (χ3n) is 3.53. The Morgan fingerprint density at radius 1 is 1.30 bits per heavy atom. The van der Waals surface area contributed by atoms with E-state index in [0.29, 0.717) is 6.04 Å². The van der Waals surface area contributed by atoms with Crippen molar-refractivity contribution in [1.82, 2.24) is 5.32 Å². The first-order valence-corrected chi connectivity index (χ1v) is 8.93. The zero-order valence-corrected chi connectivity index (χ0v) is 13.8. The highest BCUT2D eigenvalue weighted by Crippen LogP contribution is 2.34. The first-order chi connectivity index (χ1) is 9.72. The topological polar surface area (TPSA) is 21.3 Å². The van der Waals surface area contributed by atoms with Crippen molar-refractivity contribution in [2.75, 3.05) is 24.7 Å². The maximum Gasteiger partial charge on any atom is 0.127 e. The second-order valence-corrected chi connectivity index (χ2v) is 6.90.